The molecule has 1 aliphatic heterocycles. The molecule has 0 radical (unpaired) electrons. The molecule has 0 bridgehead atoms. The molecule has 2 heterocycles. The molecule has 5 nitrogen and oxygen atoms in total. The van der Waals surface area contributed by atoms with E-state index in [1.54, 1.807) is 0 Å². The predicted octanol–water partition coefficient (Wildman–Crippen LogP) is 2.92. The summed E-state index contributed by atoms with van der Waals surface area (Å²) >= 11 is 0. The van der Waals surface area contributed by atoms with Crippen molar-refractivity contribution in [1.29, 1.82) is 0 Å². The first-order valence-corrected chi connectivity index (χ1v) is 8.68. The number of carbonyl (C=O) groups excluding carboxylic acids is 2. The zero-order chi connectivity index (χ0) is 16.9. The molecule has 1 atom stereocenters. The van der Waals surface area contributed by atoms with Gasteiger partial charge < -0.3 is 14.6 Å². The number of fused-ring (bicyclic) bond motifs is 1. The number of nitrogens with one attached hydrogen (secondary N) is 1. The summed E-state index contributed by atoms with van der Waals surface area (Å²) in [6.45, 7) is 3.55. The average molecular weight is 328 g/mol. The number of ketones is 1. The maximum Gasteiger partial charge on any atom is 0.240 e. The van der Waals surface area contributed by atoms with Crippen molar-refractivity contribution in [2.24, 2.45) is 0 Å². The van der Waals surface area contributed by atoms with Crippen molar-refractivity contribution < 1.29 is 14.3 Å². The summed E-state index contributed by atoms with van der Waals surface area (Å²) in [5.74, 6) is 0.0768. The number of hydrogen-bond acceptors (Lipinski definition) is 3. The average Bonchev–Trinajstić information content (AvgIpc) is 3.22. The van der Waals surface area contributed by atoms with Gasteiger partial charge in [-0.05, 0) is 25.3 Å². The van der Waals surface area contributed by atoms with Crippen LogP contribution in [0, 0.1) is 0 Å². The standard InChI is InChI=1S/C19H24N2O3/c1-2-6-18(22)16-12-21(17-9-4-3-8-15(16)17)13-19(23)20-11-14-7-5-10-24-14/h3-4,8-9,12,14H,2,5-7,10-11,13H2,1H3,(H,20,23)/t14-/m0/s1. The summed E-state index contributed by atoms with van der Waals surface area (Å²) in [4.78, 5) is 24.6. The van der Waals surface area contributed by atoms with E-state index >= 15 is 0 Å². The minimum atomic E-state index is -0.0549. The lowest BCUT2D eigenvalue weighted by atomic mass is 10.1. The molecule has 24 heavy (non-hydrogen) atoms. The number of Topliss-reactive ketones (excluding diaryl/α,β-unsaturated/α-hetero) is 1. The maximum absolute atomic E-state index is 12.3. The first-order chi connectivity index (χ1) is 11.7. The zero-order valence-electron chi connectivity index (χ0n) is 14.1. The van der Waals surface area contributed by atoms with E-state index in [1.807, 2.05) is 42.0 Å². The monoisotopic (exact) mass is 328 g/mol. The number of carbonyl (C=O) groups is 2. The quantitative estimate of drug-likeness (QED) is 0.795. The summed E-state index contributed by atoms with van der Waals surface area (Å²) in [6.07, 6.45) is 5.36. The Bertz CT molecular complexity index is 729. The number of benzene rings is 1. The van der Waals surface area contributed by atoms with E-state index in [0.717, 1.165) is 36.8 Å². The Morgan fingerprint density at radius 2 is 2.17 bits per heavy atom. The molecular weight excluding hydrogens is 304 g/mol. The molecule has 0 spiro atoms. The van der Waals surface area contributed by atoms with Gasteiger partial charge in [-0.1, -0.05) is 25.1 Å². The highest BCUT2D eigenvalue weighted by Crippen LogP contribution is 2.23. The molecule has 1 aliphatic rings. The Morgan fingerprint density at radius 1 is 1.33 bits per heavy atom. The zero-order valence-corrected chi connectivity index (χ0v) is 14.1. The van der Waals surface area contributed by atoms with Crippen molar-refractivity contribution in [3.63, 3.8) is 0 Å². The molecule has 1 aromatic heterocycles. The van der Waals surface area contributed by atoms with Crippen LogP contribution in [0.25, 0.3) is 10.9 Å². The second-order valence-corrected chi connectivity index (χ2v) is 6.30. The molecule has 1 aromatic carbocycles. The van der Waals surface area contributed by atoms with Gasteiger partial charge in [-0.2, -0.15) is 0 Å². The topological polar surface area (TPSA) is 60.3 Å². The lowest BCUT2D eigenvalue weighted by molar-refractivity contribution is -0.122. The maximum atomic E-state index is 12.3. The third-order valence-electron chi connectivity index (χ3n) is 4.43. The highest BCUT2D eigenvalue weighted by atomic mass is 16.5. The molecule has 1 saturated heterocycles. The first-order valence-electron chi connectivity index (χ1n) is 8.68. The van der Waals surface area contributed by atoms with Crippen LogP contribution in [0.1, 0.15) is 43.0 Å². The predicted molar refractivity (Wildman–Crippen MR) is 93.2 cm³/mol. The van der Waals surface area contributed by atoms with Gasteiger partial charge in [0.25, 0.3) is 0 Å². The van der Waals surface area contributed by atoms with Crippen LogP contribution in [0.5, 0.6) is 0 Å². The highest BCUT2D eigenvalue weighted by molar-refractivity contribution is 6.08. The Balaban J connectivity index is 1.73. The second kappa shape index (κ2) is 7.62. The molecule has 0 unspecified atom stereocenters. The van der Waals surface area contributed by atoms with Crippen LogP contribution in [0.2, 0.25) is 0 Å². The summed E-state index contributed by atoms with van der Waals surface area (Å²) in [5, 5.41) is 3.85. The van der Waals surface area contributed by atoms with Crippen molar-refractivity contribution in [2.45, 2.75) is 45.3 Å². The van der Waals surface area contributed by atoms with Crippen molar-refractivity contribution >= 4 is 22.6 Å². The van der Waals surface area contributed by atoms with Crippen LogP contribution in [0.3, 0.4) is 0 Å². The molecule has 128 valence electrons. The van der Waals surface area contributed by atoms with E-state index < -0.39 is 0 Å². The molecule has 0 aliphatic carbocycles. The fourth-order valence-electron chi connectivity index (χ4n) is 3.21. The van der Waals surface area contributed by atoms with Crippen molar-refractivity contribution in [1.82, 2.24) is 9.88 Å². The molecular formula is C19H24N2O3. The van der Waals surface area contributed by atoms with Gasteiger partial charge in [0.1, 0.15) is 6.54 Å². The molecule has 3 rings (SSSR count). The molecule has 1 N–H and O–H groups in total. The Morgan fingerprint density at radius 3 is 2.92 bits per heavy atom. The minimum Gasteiger partial charge on any atom is -0.376 e. The van der Waals surface area contributed by atoms with Gasteiger partial charge in [-0.15, -0.1) is 0 Å². The lowest BCUT2D eigenvalue weighted by Gasteiger charge is -2.11. The van der Waals surface area contributed by atoms with Crippen LogP contribution in [-0.4, -0.2) is 35.5 Å². The van der Waals surface area contributed by atoms with Crippen molar-refractivity contribution in [3.8, 4) is 0 Å². The van der Waals surface area contributed by atoms with Crippen LogP contribution < -0.4 is 5.32 Å². The number of nitrogens with zero attached hydrogens (tertiary/aromatic N) is 1. The van der Waals surface area contributed by atoms with Crippen LogP contribution in [0.15, 0.2) is 30.5 Å². The lowest BCUT2D eigenvalue weighted by Crippen LogP contribution is -2.34. The van der Waals surface area contributed by atoms with Gasteiger partial charge in [0.05, 0.1) is 6.10 Å². The van der Waals surface area contributed by atoms with Gasteiger partial charge >= 0.3 is 0 Å². The summed E-state index contributed by atoms with van der Waals surface area (Å²) < 4.78 is 7.38. The van der Waals surface area contributed by atoms with Crippen LogP contribution in [0.4, 0.5) is 0 Å². The summed E-state index contributed by atoms with van der Waals surface area (Å²) in [7, 11) is 0. The van der Waals surface area contributed by atoms with Crippen molar-refractivity contribution in [3.05, 3.63) is 36.0 Å². The molecule has 0 saturated carbocycles. The van der Waals surface area contributed by atoms with Crippen LogP contribution in [-0.2, 0) is 16.1 Å². The van der Waals surface area contributed by atoms with Gasteiger partial charge in [0.2, 0.25) is 5.91 Å². The third-order valence-corrected chi connectivity index (χ3v) is 4.43. The smallest absolute Gasteiger partial charge is 0.240 e. The number of aromatic nitrogens is 1. The van der Waals surface area contributed by atoms with E-state index in [1.165, 1.54) is 0 Å². The van der Waals surface area contributed by atoms with Crippen molar-refractivity contribution in [2.75, 3.05) is 13.2 Å². The van der Waals surface area contributed by atoms with Gasteiger partial charge in [0.15, 0.2) is 5.78 Å². The third kappa shape index (κ3) is 3.67. The van der Waals surface area contributed by atoms with E-state index in [-0.39, 0.29) is 24.3 Å². The largest absolute Gasteiger partial charge is 0.376 e. The first kappa shape index (κ1) is 16.7. The SMILES string of the molecule is CCCC(=O)c1cn(CC(=O)NC[C@@H]2CCCO2)c2ccccc12. The number of hydrogen-bond donors (Lipinski definition) is 1. The van der Waals surface area contributed by atoms with Gasteiger partial charge in [-0.25, -0.2) is 0 Å². The number of amides is 1. The number of para-hydroxylation sites is 1. The Labute approximate surface area is 142 Å². The fourth-order valence-corrected chi connectivity index (χ4v) is 3.21. The molecule has 1 fully saturated rings. The molecule has 2 aromatic rings. The normalized spacial score (nSPS) is 17.3. The molecule has 5 heteroatoms. The van der Waals surface area contributed by atoms with E-state index in [2.05, 4.69) is 5.32 Å². The van der Waals surface area contributed by atoms with Gasteiger partial charge in [-0.3, -0.25) is 9.59 Å². The molecule has 1 amide bonds. The van der Waals surface area contributed by atoms with Crippen LogP contribution >= 0.6 is 0 Å². The Kier molecular flexibility index (Phi) is 5.30. The summed E-state index contributed by atoms with van der Waals surface area (Å²) in [6, 6.07) is 7.74. The number of ether oxygens (including phenoxy) is 1. The fraction of sp³-hybridized carbons (Fsp3) is 0.474. The van der Waals surface area contributed by atoms with E-state index in [0.29, 0.717) is 18.5 Å². The van der Waals surface area contributed by atoms with Gasteiger partial charge in [0, 0.05) is 42.2 Å². The second-order valence-electron chi connectivity index (χ2n) is 6.30. The highest BCUT2D eigenvalue weighted by Gasteiger charge is 2.18. The minimum absolute atomic E-state index is 0.0549. The summed E-state index contributed by atoms with van der Waals surface area (Å²) in [5.41, 5.74) is 1.63. The number of rotatable bonds is 7. The van der Waals surface area contributed by atoms with E-state index in [9.17, 15) is 9.59 Å². The Hall–Kier alpha value is -2.14. The van der Waals surface area contributed by atoms with E-state index in [4.69, 9.17) is 4.74 Å².